The van der Waals surface area contributed by atoms with Crippen LogP contribution in [0.2, 0.25) is 0 Å². The van der Waals surface area contributed by atoms with Gasteiger partial charge in [0.25, 0.3) is 0 Å². The highest BCUT2D eigenvalue weighted by Gasteiger charge is 2.47. The summed E-state index contributed by atoms with van der Waals surface area (Å²) in [5.41, 5.74) is -1.47. The molecule has 1 saturated carbocycles. The van der Waals surface area contributed by atoms with Gasteiger partial charge in [-0.3, -0.25) is 19.3 Å². The number of anilines is 1. The molecule has 2 fully saturated rings. The summed E-state index contributed by atoms with van der Waals surface area (Å²) in [4.78, 5) is 37.3. The van der Waals surface area contributed by atoms with Gasteiger partial charge >= 0.3 is 0 Å². The lowest BCUT2D eigenvalue weighted by Crippen LogP contribution is -2.34. The molecule has 1 aromatic rings. The van der Waals surface area contributed by atoms with Gasteiger partial charge in [0.15, 0.2) is 23.3 Å². The van der Waals surface area contributed by atoms with Crippen molar-refractivity contribution in [1.29, 1.82) is 0 Å². The fourth-order valence-electron chi connectivity index (χ4n) is 3.58. The standard InChI is InChI=1S/C17H15F5N2O3/c18-10-11(19)13(21)15(14(22)12(10)20)23-9(25)5-6-24-16(26)7-3-1-2-4-8(7)17(24)27/h7-8H,1-6H2,(H,23,25)/t7-,8-/m1/s1. The maximum atomic E-state index is 13.6. The molecule has 1 saturated heterocycles. The Balaban J connectivity index is 1.68. The summed E-state index contributed by atoms with van der Waals surface area (Å²) in [5, 5.41) is 1.62. The van der Waals surface area contributed by atoms with E-state index in [-0.39, 0.29) is 6.54 Å². The van der Waals surface area contributed by atoms with Crippen molar-refractivity contribution in [2.75, 3.05) is 11.9 Å². The smallest absolute Gasteiger partial charge is 0.233 e. The van der Waals surface area contributed by atoms with Gasteiger partial charge in [0.1, 0.15) is 5.69 Å². The molecule has 2 aliphatic rings. The van der Waals surface area contributed by atoms with E-state index in [2.05, 4.69) is 0 Å². The Kier molecular flexibility index (Phi) is 5.16. The third kappa shape index (κ3) is 3.28. The molecule has 1 N–H and O–H groups in total. The Morgan fingerprint density at radius 3 is 1.78 bits per heavy atom. The van der Waals surface area contributed by atoms with Crippen LogP contribution in [-0.2, 0) is 14.4 Å². The maximum absolute atomic E-state index is 13.6. The lowest BCUT2D eigenvalue weighted by atomic mass is 9.81. The highest BCUT2D eigenvalue weighted by molar-refractivity contribution is 6.05. The number of nitrogens with one attached hydrogen (secondary N) is 1. The zero-order chi connectivity index (χ0) is 19.9. The number of fused-ring (bicyclic) bond motifs is 1. The Bertz CT molecular complexity index is 776. The minimum atomic E-state index is -2.33. The molecule has 27 heavy (non-hydrogen) atoms. The predicted octanol–water partition coefficient (Wildman–Crippen LogP) is 2.89. The van der Waals surface area contributed by atoms with Crippen LogP contribution in [0.3, 0.4) is 0 Å². The van der Waals surface area contributed by atoms with Crippen molar-refractivity contribution in [3.8, 4) is 0 Å². The number of carbonyl (C=O) groups excluding carboxylic acids is 3. The zero-order valence-corrected chi connectivity index (χ0v) is 14.0. The second-order valence-electron chi connectivity index (χ2n) is 6.57. The number of hydrogen-bond acceptors (Lipinski definition) is 3. The minimum Gasteiger partial charge on any atom is -0.321 e. The van der Waals surface area contributed by atoms with Crippen LogP contribution in [0.4, 0.5) is 27.6 Å². The van der Waals surface area contributed by atoms with Crippen LogP contribution in [0.1, 0.15) is 32.1 Å². The van der Waals surface area contributed by atoms with Gasteiger partial charge in [-0.25, -0.2) is 22.0 Å². The summed E-state index contributed by atoms with van der Waals surface area (Å²) >= 11 is 0. The van der Waals surface area contributed by atoms with Crippen LogP contribution in [0, 0.1) is 40.9 Å². The van der Waals surface area contributed by atoms with Crippen molar-refractivity contribution in [3.63, 3.8) is 0 Å². The normalized spacial score (nSPS) is 22.2. The molecule has 1 heterocycles. The first-order chi connectivity index (χ1) is 12.7. The van der Waals surface area contributed by atoms with Gasteiger partial charge in [-0.05, 0) is 12.8 Å². The van der Waals surface area contributed by atoms with Crippen molar-refractivity contribution < 1.29 is 36.3 Å². The highest BCUT2D eigenvalue weighted by Crippen LogP contribution is 2.38. The van der Waals surface area contributed by atoms with E-state index in [0.29, 0.717) is 12.8 Å². The fraction of sp³-hybridized carbons (Fsp3) is 0.471. The van der Waals surface area contributed by atoms with Crippen molar-refractivity contribution in [2.45, 2.75) is 32.1 Å². The van der Waals surface area contributed by atoms with E-state index in [1.54, 1.807) is 5.32 Å². The molecular formula is C17H15F5N2O3. The predicted molar refractivity (Wildman–Crippen MR) is 81.6 cm³/mol. The Labute approximate surface area is 150 Å². The first kappa shape index (κ1) is 19.2. The molecule has 2 atom stereocenters. The Morgan fingerprint density at radius 1 is 0.852 bits per heavy atom. The molecule has 5 nitrogen and oxygen atoms in total. The van der Waals surface area contributed by atoms with Gasteiger partial charge in [-0.15, -0.1) is 0 Å². The van der Waals surface area contributed by atoms with E-state index in [0.717, 1.165) is 17.7 Å². The molecule has 1 aliphatic heterocycles. The van der Waals surface area contributed by atoms with Gasteiger partial charge in [0.05, 0.1) is 11.8 Å². The summed E-state index contributed by atoms with van der Waals surface area (Å²) in [6.45, 7) is -0.327. The molecular weight excluding hydrogens is 375 g/mol. The Hall–Kier alpha value is -2.52. The third-order valence-corrected chi connectivity index (χ3v) is 4.97. The van der Waals surface area contributed by atoms with Crippen molar-refractivity contribution in [3.05, 3.63) is 29.1 Å². The summed E-state index contributed by atoms with van der Waals surface area (Å²) in [5.74, 6) is -13.7. The number of imide groups is 1. The molecule has 3 rings (SSSR count). The molecule has 10 heteroatoms. The number of rotatable bonds is 4. The summed E-state index contributed by atoms with van der Waals surface area (Å²) in [6.07, 6.45) is 2.30. The van der Waals surface area contributed by atoms with E-state index >= 15 is 0 Å². The molecule has 0 bridgehead atoms. The number of halogens is 5. The van der Waals surface area contributed by atoms with Crippen LogP contribution < -0.4 is 5.32 Å². The average Bonchev–Trinajstić information content (AvgIpc) is 2.91. The molecule has 0 unspecified atom stereocenters. The van der Waals surface area contributed by atoms with Gasteiger partial charge in [-0.2, -0.15) is 0 Å². The van der Waals surface area contributed by atoms with Crippen LogP contribution in [0.5, 0.6) is 0 Å². The molecule has 3 amide bonds. The van der Waals surface area contributed by atoms with Gasteiger partial charge < -0.3 is 5.32 Å². The Morgan fingerprint density at radius 2 is 1.30 bits per heavy atom. The zero-order valence-electron chi connectivity index (χ0n) is 14.0. The monoisotopic (exact) mass is 390 g/mol. The summed E-state index contributed by atoms with van der Waals surface area (Å²) in [7, 11) is 0. The maximum Gasteiger partial charge on any atom is 0.233 e. The summed E-state index contributed by atoms with van der Waals surface area (Å²) in [6, 6.07) is 0. The molecule has 0 aromatic heterocycles. The van der Waals surface area contributed by atoms with E-state index in [4.69, 9.17) is 0 Å². The largest absolute Gasteiger partial charge is 0.321 e. The van der Waals surface area contributed by atoms with Crippen LogP contribution in [0.25, 0.3) is 0 Å². The van der Waals surface area contributed by atoms with E-state index in [1.807, 2.05) is 0 Å². The number of likely N-dealkylation sites (tertiary alicyclic amines) is 1. The topological polar surface area (TPSA) is 66.5 Å². The molecule has 1 aromatic carbocycles. The number of carbonyl (C=O) groups is 3. The lowest BCUT2D eigenvalue weighted by Gasteiger charge is -2.19. The van der Waals surface area contributed by atoms with E-state index in [1.165, 1.54) is 0 Å². The summed E-state index contributed by atoms with van der Waals surface area (Å²) < 4.78 is 66.4. The lowest BCUT2D eigenvalue weighted by molar-refractivity contribution is -0.140. The first-order valence-corrected chi connectivity index (χ1v) is 8.40. The van der Waals surface area contributed by atoms with Crippen LogP contribution in [0.15, 0.2) is 0 Å². The number of nitrogens with zero attached hydrogens (tertiary/aromatic N) is 1. The van der Waals surface area contributed by atoms with Gasteiger partial charge in [-0.1, -0.05) is 12.8 Å². The van der Waals surface area contributed by atoms with Crippen LogP contribution >= 0.6 is 0 Å². The average molecular weight is 390 g/mol. The third-order valence-electron chi connectivity index (χ3n) is 4.97. The highest BCUT2D eigenvalue weighted by atomic mass is 19.2. The van der Waals surface area contributed by atoms with E-state index < -0.39 is 70.8 Å². The molecule has 146 valence electrons. The van der Waals surface area contributed by atoms with Gasteiger partial charge in [0.2, 0.25) is 23.5 Å². The number of hydrogen-bond donors (Lipinski definition) is 1. The number of benzene rings is 1. The van der Waals surface area contributed by atoms with Crippen molar-refractivity contribution >= 4 is 23.4 Å². The van der Waals surface area contributed by atoms with Gasteiger partial charge in [0, 0.05) is 13.0 Å². The minimum absolute atomic E-state index is 0.327. The second-order valence-corrected chi connectivity index (χ2v) is 6.57. The van der Waals surface area contributed by atoms with Crippen molar-refractivity contribution in [1.82, 2.24) is 4.90 Å². The van der Waals surface area contributed by atoms with E-state index in [9.17, 15) is 36.3 Å². The molecule has 1 aliphatic carbocycles. The van der Waals surface area contributed by atoms with Crippen molar-refractivity contribution in [2.24, 2.45) is 11.8 Å². The SMILES string of the molecule is O=C(CCN1C(=O)[C@@H]2CCCC[C@H]2C1=O)Nc1c(F)c(F)c(F)c(F)c1F. The first-order valence-electron chi connectivity index (χ1n) is 8.40. The molecule has 0 radical (unpaired) electrons. The fourth-order valence-corrected chi connectivity index (χ4v) is 3.58. The van der Waals surface area contributed by atoms with Crippen LogP contribution in [-0.4, -0.2) is 29.2 Å². The second kappa shape index (κ2) is 7.24. The number of amides is 3. The quantitative estimate of drug-likeness (QED) is 0.372. The molecule has 0 spiro atoms.